The van der Waals surface area contributed by atoms with Crippen LogP contribution in [0.1, 0.15) is 18.4 Å². The van der Waals surface area contributed by atoms with E-state index in [0.717, 1.165) is 36.2 Å². The second-order valence-corrected chi connectivity index (χ2v) is 6.27. The van der Waals surface area contributed by atoms with Crippen molar-refractivity contribution in [2.24, 2.45) is 5.92 Å². The molecule has 0 aromatic carbocycles. The molecule has 25 heavy (non-hydrogen) atoms. The number of rotatable bonds is 3. The first-order valence-electron chi connectivity index (χ1n) is 8.34. The van der Waals surface area contributed by atoms with Gasteiger partial charge >= 0.3 is 0 Å². The summed E-state index contributed by atoms with van der Waals surface area (Å²) < 4.78 is 0. The number of carbonyl (C=O) groups is 1. The number of piperidine rings is 1. The molecular weight excluding hydrogens is 318 g/mol. The van der Waals surface area contributed by atoms with E-state index in [-0.39, 0.29) is 11.8 Å². The lowest BCUT2D eigenvalue weighted by Gasteiger charge is -2.33. The molecule has 2 N–H and O–H groups in total. The average Bonchev–Trinajstić information content (AvgIpc) is 3.12. The van der Waals surface area contributed by atoms with E-state index in [2.05, 4.69) is 35.4 Å². The molecule has 0 radical (unpaired) electrons. The first kappa shape index (κ1) is 15.5. The molecule has 1 saturated heterocycles. The summed E-state index contributed by atoms with van der Waals surface area (Å²) >= 11 is 0. The highest BCUT2D eigenvalue weighted by molar-refractivity contribution is 5.93. The Morgan fingerprint density at radius 2 is 2.28 bits per heavy atom. The van der Waals surface area contributed by atoms with Gasteiger partial charge in [-0.1, -0.05) is 6.07 Å². The van der Waals surface area contributed by atoms with Crippen molar-refractivity contribution in [2.45, 2.75) is 19.8 Å². The van der Waals surface area contributed by atoms with Gasteiger partial charge in [0, 0.05) is 19.3 Å². The monoisotopic (exact) mass is 337 g/mol. The lowest BCUT2D eigenvalue weighted by atomic mass is 9.97. The second-order valence-electron chi connectivity index (χ2n) is 6.27. The zero-order valence-corrected chi connectivity index (χ0v) is 13.9. The lowest BCUT2D eigenvalue weighted by Crippen LogP contribution is -2.41. The fraction of sp³-hybridized carbons (Fsp3) is 0.353. The third kappa shape index (κ3) is 3.02. The van der Waals surface area contributed by atoms with Gasteiger partial charge in [-0.05, 0) is 31.4 Å². The molecule has 1 atom stereocenters. The number of anilines is 2. The van der Waals surface area contributed by atoms with E-state index in [4.69, 9.17) is 0 Å². The Hall–Kier alpha value is -3.03. The summed E-state index contributed by atoms with van der Waals surface area (Å²) in [4.78, 5) is 27.6. The van der Waals surface area contributed by atoms with E-state index in [9.17, 15) is 4.79 Å². The Morgan fingerprint density at radius 1 is 1.36 bits per heavy atom. The van der Waals surface area contributed by atoms with E-state index in [0.29, 0.717) is 18.0 Å². The van der Waals surface area contributed by atoms with Gasteiger partial charge in [-0.25, -0.2) is 15.0 Å². The molecule has 0 aliphatic carbocycles. The minimum Gasteiger partial charge on any atom is -0.355 e. The number of nitrogens with zero attached hydrogens (tertiary/aromatic N) is 5. The topological polar surface area (TPSA) is 99.7 Å². The third-order valence-electron chi connectivity index (χ3n) is 4.57. The number of fused-ring (bicyclic) bond motifs is 1. The molecular formula is C17H19N7O. The quantitative estimate of drug-likeness (QED) is 0.757. The van der Waals surface area contributed by atoms with E-state index >= 15 is 0 Å². The number of carbonyl (C=O) groups excluding carboxylic acids is 1. The van der Waals surface area contributed by atoms with Gasteiger partial charge in [0.05, 0.1) is 17.5 Å². The molecule has 1 aliphatic rings. The molecule has 0 spiro atoms. The molecule has 4 rings (SSSR count). The molecule has 1 fully saturated rings. The molecule has 0 unspecified atom stereocenters. The number of amides is 1. The summed E-state index contributed by atoms with van der Waals surface area (Å²) in [6, 6.07) is 3.80. The van der Waals surface area contributed by atoms with Crippen molar-refractivity contribution in [2.75, 3.05) is 23.3 Å². The maximum Gasteiger partial charge on any atom is 0.230 e. The summed E-state index contributed by atoms with van der Waals surface area (Å²) in [6.45, 7) is 3.42. The Morgan fingerprint density at radius 3 is 3.16 bits per heavy atom. The summed E-state index contributed by atoms with van der Waals surface area (Å²) in [5, 5.41) is 10.7. The number of nitrogens with one attached hydrogen (secondary N) is 2. The van der Waals surface area contributed by atoms with Crippen molar-refractivity contribution in [3.8, 4) is 0 Å². The normalized spacial score (nSPS) is 17.6. The number of aryl methyl sites for hydroxylation is 1. The van der Waals surface area contributed by atoms with Gasteiger partial charge in [0.15, 0.2) is 5.65 Å². The number of H-pyrrole nitrogens is 1. The highest BCUT2D eigenvalue weighted by atomic mass is 16.2. The summed E-state index contributed by atoms with van der Waals surface area (Å²) in [5.74, 6) is 1.35. The Kier molecular flexibility index (Phi) is 4.01. The molecule has 8 heteroatoms. The van der Waals surface area contributed by atoms with Gasteiger partial charge in [-0.15, -0.1) is 0 Å². The zero-order valence-electron chi connectivity index (χ0n) is 13.9. The summed E-state index contributed by atoms with van der Waals surface area (Å²) in [6.07, 6.45) is 6.73. The van der Waals surface area contributed by atoms with Gasteiger partial charge in [-0.2, -0.15) is 5.10 Å². The molecule has 4 heterocycles. The third-order valence-corrected chi connectivity index (χ3v) is 4.57. The maximum atomic E-state index is 12.7. The maximum absolute atomic E-state index is 12.7. The summed E-state index contributed by atoms with van der Waals surface area (Å²) in [5.41, 5.74) is 1.67. The molecule has 0 saturated carbocycles. The SMILES string of the molecule is Cc1cccnc1NC(=O)[C@H]1CCCN(c2ncnc3[nH]ncc23)C1. The summed E-state index contributed by atoms with van der Waals surface area (Å²) in [7, 11) is 0. The zero-order chi connectivity index (χ0) is 17.2. The van der Waals surface area contributed by atoms with Crippen molar-refractivity contribution in [3.05, 3.63) is 36.4 Å². The van der Waals surface area contributed by atoms with Crippen LogP contribution in [0.2, 0.25) is 0 Å². The number of hydrogen-bond donors (Lipinski definition) is 2. The largest absolute Gasteiger partial charge is 0.355 e. The second kappa shape index (κ2) is 6.46. The smallest absolute Gasteiger partial charge is 0.230 e. The average molecular weight is 337 g/mol. The molecule has 3 aromatic rings. The van der Waals surface area contributed by atoms with Crippen LogP contribution in [0.3, 0.4) is 0 Å². The van der Waals surface area contributed by atoms with Crippen molar-refractivity contribution >= 4 is 28.6 Å². The van der Waals surface area contributed by atoms with Crippen LogP contribution in [0.5, 0.6) is 0 Å². The Balaban J connectivity index is 1.52. The van der Waals surface area contributed by atoms with E-state index < -0.39 is 0 Å². The van der Waals surface area contributed by atoms with E-state index in [1.165, 1.54) is 6.33 Å². The van der Waals surface area contributed by atoms with E-state index in [1.807, 2.05) is 19.1 Å². The van der Waals surface area contributed by atoms with Crippen LogP contribution < -0.4 is 10.2 Å². The fourth-order valence-electron chi connectivity index (χ4n) is 3.22. The van der Waals surface area contributed by atoms with Crippen LogP contribution in [0.25, 0.3) is 11.0 Å². The van der Waals surface area contributed by atoms with Crippen LogP contribution in [0.15, 0.2) is 30.9 Å². The van der Waals surface area contributed by atoms with Crippen LogP contribution in [-0.2, 0) is 4.79 Å². The molecule has 128 valence electrons. The first-order valence-corrected chi connectivity index (χ1v) is 8.34. The number of hydrogen-bond acceptors (Lipinski definition) is 6. The van der Waals surface area contributed by atoms with Crippen molar-refractivity contribution in [1.82, 2.24) is 25.1 Å². The van der Waals surface area contributed by atoms with Crippen LogP contribution in [0, 0.1) is 12.8 Å². The Bertz CT molecular complexity index is 907. The van der Waals surface area contributed by atoms with Gasteiger partial charge in [0.25, 0.3) is 0 Å². The predicted molar refractivity (Wildman–Crippen MR) is 94.2 cm³/mol. The minimum absolute atomic E-state index is 0.00370. The van der Waals surface area contributed by atoms with Gasteiger partial charge < -0.3 is 10.2 Å². The van der Waals surface area contributed by atoms with Gasteiger partial charge in [-0.3, -0.25) is 9.89 Å². The number of pyridine rings is 1. The Labute approximate surface area is 144 Å². The predicted octanol–water partition coefficient (Wildman–Crippen LogP) is 1.91. The molecule has 0 bridgehead atoms. The van der Waals surface area contributed by atoms with Crippen LogP contribution in [0.4, 0.5) is 11.6 Å². The molecule has 8 nitrogen and oxygen atoms in total. The number of aromatic amines is 1. The number of aromatic nitrogens is 5. The first-order chi connectivity index (χ1) is 12.2. The minimum atomic E-state index is -0.105. The molecule has 1 aliphatic heterocycles. The van der Waals surface area contributed by atoms with Crippen molar-refractivity contribution in [3.63, 3.8) is 0 Å². The van der Waals surface area contributed by atoms with E-state index in [1.54, 1.807) is 12.4 Å². The van der Waals surface area contributed by atoms with Crippen molar-refractivity contribution in [1.29, 1.82) is 0 Å². The molecule has 3 aromatic heterocycles. The van der Waals surface area contributed by atoms with Crippen LogP contribution >= 0.6 is 0 Å². The van der Waals surface area contributed by atoms with Gasteiger partial charge in [0.1, 0.15) is 18.0 Å². The van der Waals surface area contributed by atoms with Crippen LogP contribution in [-0.4, -0.2) is 44.1 Å². The fourth-order valence-corrected chi connectivity index (χ4v) is 3.22. The highest BCUT2D eigenvalue weighted by Crippen LogP contribution is 2.27. The lowest BCUT2D eigenvalue weighted by molar-refractivity contribution is -0.120. The van der Waals surface area contributed by atoms with Gasteiger partial charge in [0.2, 0.25) is 5.91 Å². The molecule has 1 amide bonds. The highest BCUT2D eigenvalue weighted by Gasteiger charge is 2.28. The van der Waals surface area contributed by atoms with Crippen molar-refractivity contribution < 1.29 is 4.79 Å². The standard InChI is InChI=1S/C17H19N7O/c1-11-4-2-6-18-14(11)22-17(25)12-5-3-7-24(9-12)16-13-8-21-23-15(13)19-10-20-16/h2,4,6,8,10,12H,3,5,7,9H2,1H3,(H,18,22,25)(H,19,20,21,23)/t12-/m0/s1.